The molecule has 21 N–H and O–H groups in total. The Balaban J connectivity index is 1.28. The number of carbonyl (C=O) groups excluding carboxylic acids is 15. The summed E-state index contributed by atoms with van der Waals surface area (Å²) in [6, 6.07) is -20.9. The molecular weight excluding hydrogens is 1530 g/mol. The number of carboxylic acid groups (broad SMARTS) is 2. The number of carbonyl (C=O) groups is 17. The van der Waals surface area contributed by atoms with Crippen LogP contribution in [0.4, 0.5) is 0 Å². The first-order chi connectivity index (χ1) is 53.7. The Morgan fingerprint density at radius 1 is 0.584 bits per heavy atom. The van der Waals surface area contributed by atoms with Crippen molar-refractivity contribution in [2.24, 2.45) is 41.1 Å². The van der Waals surface area contributed by atoms with Gasteiger partial charge in [-0.15, -0.1) is 0 Å². The average Bonchev–Trinajstić information content (AvgIpc) is 1.70. The van der Waals surface area contributed by atoms with Gasteiger partial charge in [0, 0.05) is 43.1 Å². The Bertz CT molecular complexity index is 3400. The monoisotopic (exact) mass is 1650 g/mol. The van der Waals surface area contributed by atoms with E-state index in [9.17, 15) is 72.9 Å². The van der Waals surface area contributed by atoms with Gasteiger partial charge in [0.2, 0.25) is 88.6 Å². The zero-order chi connectivity index (χ0) is 82.8. The summed E-state index contributed by atoms with van der Waals surface area (Å²) in [5, 5.41) is 68.2. The molecule has 0 aromatic rings. The van der Waals surface area contributed by atoms with Crippen LogP contribution in [0.15, 0.2) is 0 Å². The van der Waals surface area contributed by atoms with Gasteiger partial charge < -0.3 is 106 Å². The van der Waals surface area contributed by atoms with Crippen molar-refractivity contribution in [3.8, 4) is 0 Å². The summed E-state index contributed by atoms with van der Waals surface area (Å²) in [5.74, 6) is -18.8. The third-order valence-corrected chi connectivity index (χ3v) is 25.3. The van der Waals surface area contributed by atoms with Gasteiger partial charge >= 0.3 is 11.9 Å². The Kier molecular flexibility index (Phi) is 36.9. The molecule has 4 saturated heterocycles. The molecule has 632 valence electrons. The fourth-order valence-corrected chi connectivity index (χ4v) is 19.2. The van der Waals surface area contributed by atoms with E-state index >= 15 is 24.0 Å². The maximum atomic E-state index is 15.5. The molecule has 7 rings (SSSR count). The van der Waals surface area contributed by atoms with E-state index in [1.54, 1.807) is 20.1 Å². The van der Waals surface area contributed by atoms with E-state index in [-0.39, 0.29) is 93.2 Å². The number of nitrogens with zero attached hydrogens (tertiary/aromatic N) is 1. The van der Waals surface area contributed by atoms with Crippen molar-refractivity contribution in [1.29, 1.82) is 0 Å². The number of aliphatic carboxylic acids is 2. The SMILES string of the molecule is CSCC[C@H](NC(C)=O)C(=O)N[C@@H](CO)C(=O)N[C@@H](CC(=O)O)C(=O)N[C@H]1CSSC[C@@H](C(=O)N2CCC[C@H]2C(=O)N[C@@H](CC2CCCCC2)C(=O)N[C@@H](CC(=O)O)C(N)=O)NC(=O)[C@H](CC(N)=O)NC(=O)[C@H](CC2CNC3CCCCC23)NC(=O)[C@@H](C)NC(=O)[C@H](CC(C)C)NC(=O)[C@H](CC2CC3CCCCC3N2)NC1=O. The number of rotatable bonds is 31. The summed E-state index contributed by atoms with van der Waals surface area (Å²) in [6.45, 7) is 5.33. The van der Waals surface area contributed by atoms with Crippen LogP contribution in [0.25, 0.3) is 0 Å². The highest BCUT2D eigenvalue weighted by Crippen LogP contribution is 2.38. The van der Waals surface area contributed by atoms with Crippen LogP contribution in [0.5, 0.6) is 0 Å². The molecule has 4 heterocycles. The number of aliphatic hydroxyl groups is 1. The predicted molar refractivity (Wildman–Crippen MR) is 416 cm³/mol. The molecule has 0 aromatic carbocycles. The number of likely N-dealkylation sites (tertiary alicyclic amines) is 1. The molecule has 40 heteroatoms. The quantitative estimate of drug-likeness (QED) is 0.0304. The van der Waals surface area contributed by atoms with Gasteiger partial charge in [-0.25, -0.2) is 0 Å². The summed E-state index contributed by atoms with van der Waals surface area (Å²) in [7, 11) is 1.59. The van der Waals surface area contributed by atoms with Crippen LogP contribution < -0.4 is 85.9 Å². The summed E-state index contributed by atoms with van der Waals surface area (Å²) < 4.78 is 0. The van der Waals surface area contributed by atoms with Gasteiger partial charge in [-0.3, -0.25) is 81.5 Å². The Morgan fingerprint density at radius 2 is 1.16 bits per heavy atom. The molecule has 7 aliphatic rings. The molecule has 6 unspecified atom stereocenters. The average molecular weight is 1650 g/mol. The second-order valence-electron chi connectivity index (χ2n) is 31.4. The van der Waals surface area contributed by atoms with Crippen molar-refractivity contribution in [2.45, 2.75) is 278 Å². The second kappa shape index (κ2) is 45.3. The number of nitrogens with two attached hydrogens (primary N) is 2. The van der Waals surface area contributed by atoms with Gasteiger partial charge in [-0.1, -0.05) is 93.2 Å². The molecule has 0 spiro atoms. The molecule has 0 bridgehead atoms. The molecule has 3 aliphatic carbocycles. The minimum Gasteiger partial charge on any atom is -0.481 e. The number of amides is 15. The molecule has 3 saturated carbocycles. The van der Waals surface area contributed by atoms with Gasteiger partial charge in [0.1, 0.15) is 78.5 Å². The van der Waals surface area contributed by atoms with Gasteiger partial charge in [0.15, 0.2) is 0 Å². The zero-order valence-electron chi connectivity index (χ0n) is 64.9. The number of primary amides is 2. The summed E-state index contributed by atoms with van der Waals surface area (Å²) in [4.78, 5) is 240. The van der Waals surface area contributed by atoms with Gasteiger partial charge in [0.25, 0.3) is 0 Å². The van der Waals surface area contributed by atoms with E-state index in [4.69, 9.17) is 11.5 Å². The summed E-state index contributed by atoms with van der Waals surface area (Å²) in [6.07, 6.45) is 10.8. The molecule has 7 fully saturated rings. The van der Waals surface area contributed by atoms with E-state index in [2.05, 4.69) is 74.4 Å². The largest absolute Gasteiger partial charge is 0.481 e. The van der Waals surface area contributed by atoms with Gasteiger partial charge in [0.05, 0.1) is 25.9 Å². The first kappa shape index (κ1) is 92.1. The molecule has 15 amide bonds. The van der Waals surface area contributed by atoms with Crippen molar-refractivity contribution in [1.82, 2.24) is 79.3 Å². The normalized spacial score (nSPS) is 28.5. The van der Waals surface area contributed by atoms with Crippen LogP contribution in [0.1, 0.15) is 182 Å². The molecular formula is C73H117N17O20S3. The van der Waals surface area contributed by atoms with Crippen LogP contribution in [0, 0.1) is 29.6 Å². The number of nitrogens with one attached hydrogen (secondary N) is 14. The minimum absolute atomic E-state index is 0.00336. The Labute approximate surface area is 669 Å². The van der Waals surface area contributed by atoms with E-state index in [0.29, 0.717) is 31.6 Å². The molecule has 37 nitrogen and oxygen atoms in total. The Morgan fingerprint density at radius 3 is 1.81 bits per heavy atom. The van der Waals surface area contributed by atoms with Crippen LogP contribution >= 0.6 is 33.3 Å². The molecule has 19 atom stereocenters. The highest BCUT2D eigenvalue weighted by molar-refractivity contribution is 8.76. The Hall–Kier alpha value is -8.08. The number of hydrogen-bond donors (Lipinski definition) is 19. The maximum Gasteiger partial charge on any atom is 0.305 e. The maximum absolute atomic E-state index is 15.5. The van der Waals surface area contributed by atoms with Gasteiger partial charge in [-0.05, 0) is 132 Å². The highest BCUT2D eigenvalue weighted by atomic mass is 33.1. The van der Waals surface area contributed by atoms with Crippen molar-refractivity contribution < 1.29 is 96.8 Å². The molecule has 0 aromatic heterocycles. The predicted octanol–water partition coefficient (Wildman–Crippen LogP) is -3.22. The minimum atomic E-state index is -2.07. The third kappa shape index (κ3) is 28.7. The lowest BCUT2D eigenvalue weighted by molar-refractivity contribution is -0.142. The standard InChI is InChI=1S/C73H117N17O20S3/c1-36(2)24-48-64(101)77-37(3)62(99)81-50(27-41-32-76-45-19-12-10-17-43(41)45)66(103)84-52(29-58(74)93)68(105)89-56(73(110)90-22-13-20-57(90)72(109)86-49(25-39-14-7-6-8-15-39)65(102)80-47(61(75)98)30-59(94)95)35-113-112-34-55(71(108)83-51(67(104)82-48)28-42-26-40-16-9-11-18-44(40)79-42)88-69(106)53(31-60(96)97)85-70(107)54(33-91)87-63(100)46(21-23-111-5)78-38(4)92/h36-37,39-57,76,79,91H,6-35H2,1-5H3,(H2,74,93)(H2,75,98)(H,77,101)(H,78,92)(H,80,102)(H,81,99)(H,82,104)(H,83,108)(H,84,103)(H,85,107)(H,86,109)(H,87,100)(H,88,106)(H,89,105)(H,94,95)(H,96,97)/t37-,40?,41?,42?,43?,44?,45?,46+,47+,48+,49+,50+,51+,52+,53+,54+,55+,56+,57+/m1/s1. The van der Waals surface area contributed by atoms with E-state index in [1.807, 2.05) is 0 Å². The van der Waals surface area contributed by atoms with Crippen molar-refractivity contribution >= 4 is 134 Å². The molecule has 0 radical (unpaired) electrons. The first-order valence-corrected chi connectivity index (χ1v) is 43.4. The van der Waals surface area contributed by atoms with Crippen LogP contribution in [0.3, 0.4) is 0 Å². The van der Waals surface area contributed by atoms with Crippen molar-refractivity contribution in [3.05, 3.63) is 0 Å². The molecule has 113 heavy (non-hydrogen) atoms. The second-order valence-corrected chi connectivity index (χ2v) is 34.9. The van der Waals surface area contributed by atoms with Crippen LogP contribution in [-0.4, -0.2) is 261 Å². The molecule has 4 aliphatic heterocycles. The number of thioether (sulfide) groups is 1. The van der Waals surface area contributed by atoms with Crippen molar-refractivity contribution in [3.63, 3.8) is 0 Å². The topological polar surface area (TPSA) is 575 Å². The highest BCUT2D eigenvalue weighted by Gasteiger charge is 2.46. The number of fused-ring (bicyclic) bond motifs is 2. The van der Waals surface area contributed by atoms with E-state index in [0.717, 1.165) is 104 Å². The fraction of sp³-hybridized carbons (Fsp3) is 0.767. The summed E-state index contributed by atoms with van der Waals surface area (Å²) in [5.41, 5.74) is 11.3. The summed E-state index contributed by atoms with van der Waals surface area (Å²) >= 11 is 1.35. The number of aliphatic hydroxyl groups excluding tert-OH is 1. The third-order valence-electron chi connectivity index (χ3n) is 22.2. The first-order valence-electron chi connectivity index (χ1n) is 39.5. The smallest absolute Gasteiger partial charge is 0.305 e. The van der Waals surface area contributed by atoms with Crippen molar-refractivity contribution in [2.75, 3.05) is 43.2 Å². The van der Waals surface area contributed by atoms with E-state index in [1.165, 1.54) is 18.7 Å². The van der Waals surface area contributed by atoms with Gasteiger partial charge in [-0.2, -0.15) is 11.8 Å². The fourth-order valence-electron chi connectivity index (χ4n) is 16.4. The van der Waals surface area contributed by atoms with Crippen LogP contribution in [0.2, 0.25) is 0 Å². The number of hydrogen-bond acceptors (Lipinski definition) is 23. The van der Waals surface area contributed by atoms with Crippen LogP contribution in [-0.2, 0) is 81.5 Å². The van der Waals surface area contributed by atoms with E-state index < -0.39 is 223 Å². The zero-order valence-corrected chi connectivity index (χ0v) is 67.4. The lowest BCUT2D eigenvalue weighted by atomic mass is 9.77. The lowest BCUT2D eigenvalue weighted by Crippen LogP contribution is -2.61. The lowest BCUT2D eigenvalue weighted by Gasteiger charge is -2.32. The number of carboxylic acids is 2.